The number of aromatic nitrogens is 2. The number of fused-ring (bicyclic) bond motifs is 1. The highest BCUT2D eigenvalue weighted by Gasteiger charge is 2.24. The van der Waals surface area contributed by atoms with E-state index in [0.29, 0.717) is 34.6 Å². The second-order valence-electron chi connectivity index (χ2n) is 9.90. The number of ether oxygens (including phenoxy) is 2. The molecule has 0 spiro atoms. The Morgan fingerprint density at radius 2 is 2.00 bits per heavy atom. The SMILES string of the molecule is COC1CCC(Oc2cc(F)ccc2Nc2ncnc3sc(C(=O)NCC4CCCNC4)c(C)c23)CC1. The molecule has 1 aliphatic heterocycles. The van der Waals surface area contributed by atoms with E-state index in [2.05, 4.69) is 25.9 Å². The summed E-state index contributed by atoms with van der Waals surface area (Å²) in [4.78, 5) is 23.3. The van der Waals surface area contributed by atoms with E-state index in [-0.39, 0.29) is 23.9 Å². The molecule has 0 bridgehead atoms. The number of carbonyl (C=O) groups excluding carboxylic acids is 1. The fraction of sp³-hybridized carbons (Fsp3) is 0.519. The number of nitrogens with one attached hydrogen (secondary N) is 3. The molecule has 3 aromatic rings. The molecule has 0 radical (unpaired) electrons. The third kappa shape index (κ3) is 6.02. The third-order valence-electron chi connectivity index (χ3n) is 7.33. The monoisotopic (exact) mass is 527 g/mol. The Morgan fingerprint density at radius 1 is 1.19 bits per heavy atom. The van der Waals surface area contributed by atoms with Gasteiger partial charge in [0, 0.05) is 19.7 Å². The molecule has 2 fully saturated rings. The van der Waals surface area contributed by atoms with Crippen LogP contribution in [0, 0.1) is 18.7 Å². The highest BCUT2D eigenvalue weighted by atomic mass is 32.1. The lowest BCUT2D eigenvalue weighted by Crippen LogP contribution is -2.38. The van der Waals surface area contributed by atoms with Crippen LogP contribution in [0.1, 0.15) is 53.8 Å². The van der Waals surface area contributed by atoms with Crippen LogP contribution in [0.4, 0.5) is 15.9 Å². The van der Waals surface area contributed by atoms with Gasteiger partial charge in [-0.15, -0.1) is 11.3 Å². The van der Waals surface area contributed by atoms with E-state index in [4.69, 9.17) is 9.47 Å². The molecule has 3 N–H and O–H groups in total. The van der Waals surface area contributed by atoms with Gasteiger partial charge in [-0.1, -0.05) is 0 Å². The second kappa shape index (κ2) is 11.7. The number of thiophene rings is 1. The molecule has 198 valence electrons. The Kier molecular flexibility index (Phi) is 8.17. The standard InChI is InChI=1S/C27H34FN5O3S/c1-16-23-25(31-15-32-27(23)37-24(16)26(34)30-14-17-4-3-11-29-13-17)33-21-10-5-18(28)12-22(21)36-20-8-6-19(35-2)7-9-20/h5,10,12,15,17,19-20,29H,3-4,6-9,11,13-14H2,1-2H3,(H,30,34)(H,31,32,33). The molecule has 8 nitrogen and oxygen atoms in total. The lowest BCUT2D eigenvalue weighted by Gasteiger charge is -2.28. The molecule has 1 atom stereocenters. The average Bonchev–Trinajstić information content (AvgIpc) is 3.27. The maximum atomic E-state index is 14.2. The Labute approximate surface area is 220 Å². The minimum atomic E-state index is -0.363. The molecule has 1 saturated heterocycles. The Morgan fingerprint density at radius 3 is 2.76 bits per heavy atom. The van der Waals surface area contributed by atoms with Gasteiger partial charge in [-0.25, -0.2) is 14.4 Å². The van der Waals surface area contributed by atoms with Crippen LogP contribution >= 0.6 is 11.3 Å². The van der Waals surface area contributed by atoms with E-state index in [9.17, 15) is 9.18 Å². The number of amides is 1. The van der Waals surface area contributed by atoms with Crippen molar-refractivity contribution in [2.24, 2.45) is 5.92 Å². The number of rotatable bonds is 8. The average molecular weight is 528 g/mol. The Balaban J connectivity index is 1.35. The first kappa shape index (κ1) is 25.8. The van der Waals surface area contributed by atoms with E-state index in [0.717, 1.165) is 67.4 Å². The molecule has 1 unspecified atom stereocenters. The molecule has 37 heavy (non-hydrogen) atoms. The van der Waals surface area contributed by atoms with E-state index < -0.39 is 0 Å². The summed E-state index contributed by atoms with van der Waals surface area (Å²) in [7, 11) is 1.73. The van der Waals surface area contributed by atoms with Crippen molar-refractivity contribution in [2.45, 2.75) is 57.7 Å². The van der Waals surface area contributed by atoms with E-state index >= 15 is 0 Å². The van der Waals surface area contributed by atoms with Crippen LogP contribution in [0.15, 0.2) is 24.5 Å². The number of carbonyl (C=O) groups is 1. The number of piperidine rings is 1. The summed E-state index contributed by atoms with van der Waals surface area (Å²) in [5, 5.41) is 10.6. The number of benzene rings is 1. The first-order valence-corrected chi connectivity index (χ1v) is 13.8. The van der Waals surface area contributed by atoms with Crippen LogP contribution in [-0.2, 0) is 4.74 Å². The number of aryl methyl sites for hydroxylation is 1. The predicted molar refractivity (Wildman–Crippen MR) is 143 cm³/mol. The van der Waals surface area contributed by atoms with Crippen molar-refractivity contribution >= 4 is 39.0 Å². The summed E-state index contributed by atoms with van der Waals surface area (Å²) in [6, 6.07) is 4.46. The molecule has 1 aromatic carbocycles. The topological polar surface area (TPSA) is 97.4 Å². The van der Waals surface area contributed by atoms with Crippen LogP contribution < -0.4 is 20.7 Å². The normalized spacial score (nSPS) is 22.1. The Bertz CT molecular complexity index is 1240. The molecule has 1 saturated carbocycles. The first-order valence-electron chi connectivity index (χ1n) is 13.0. The van der Waals surface area contributed by atoms with Crippen molar-refractivity contribution in [3.05, 3.63) is 40.8 Å². The van der Waals surface area contributed by atoms with Gasteiger partial charge in [0.2, 0.25) is 0 Å². The van der Waals surface area contributed by atoms with E-state index in [1.54, 1.807) is 13.2 Å². The van der Waals surface area contributed by atoms with Crippen molar-refractivity contribution < 1.29 is 18.7 Å². The van der Waals surface area contributed by atoms with Gasteiger partial charge < -0.3 is 25.4 Å². The lowest BCUT2D eigenvalue weighted by atomic mass is 9.95. The zero-order chi connectivity index (χ0) is 25.8. The molecule has 1 aliphatic carbocycles. The van der Waals surface area contributed by atoms with Crippen molar-refractivity contribution in [1.82, 2.24) is 20.6 Å². The van der Waals surface area contributed by atoms with Gasteiger partial charge in [0.25, 0.3) is 5.91 Å². The van der Waals surface area contributed by atoms with Gasteiger partial charge in [-0.3, -0.25) is 4.79 Å². The van der Waals surface area contributed by atoms with Crippen LogP contribution in [0.5, 0.6) is 5.75 Å². The molecule has 10 heteroatoms. The lowest BCUT2D eigenvalue weighted by molar-refractivity contribution is 0.0329. The maximum Gasteiger partial charge on any atom is 0.261 e. The molecule has 3 heterocycles. The van der Waals surface area contributed by atoms with Crippen molar-refractivity contribution in [3.8, 4) is 5.75 Å². The van der Waals surface area contributed by atoms with Gasteiger partial charge >= 0.3 is 0 Å². The number of anilines is 2. The molecule has 2 aromatic heterocycles. The van der Waals surface area contributed by atoms with E-state index in [1.807, 2.05) is 6.92 Å². The highest BCUT2D eigenvalue weighted by Crippen LogP contribution is 2.37. The molecule has 5 rings (SSSR count). The zero-order valence-corrected chi connectivity index (χ0v) is 22.1. The fourth-order valence-electron chi connectivity index (χ4n) is 5.19. The number of hydrogen-bond acceptors (Lipinski definition) is 8. The van der Waals surface area contributed by atoms with Crippen LogP contribution in [-0.4, -0.2) is 54.8 Å². The maximum absolute atomic E-state index is 14.2. The number of hydrogen-bond donors (Lipinski definition) is 3. The van der Waals surface area contributed by atoms with Crippen molar-refractivity contribution in [1.29, 1.82) is 0 Å². The number of methoxy groups -OCH3 is 1. The summed E-state index contributed by atoms with van der Waals surface area (Å²) in [6.07, 6.45) is 7.53. The molecule has 1 amide bonds. The smallest absolute Gasteiger partial charge is 0.261 e. The summed E-state index contributed by atoms with van der Waals surface area (Å²) < 4.78 is 25.9. The van der Waals surface area contributed by atoms with Gasteiger partial charge in [0.05, 0.1) is 28.2 Å². The van der Waals surface area contributed by atoms with Gasteiger partial charge in [0.1, 0.15) is 28.5 Å². The minimum Gasteiger partial charge on any atom is -0.488 e. The number of halogens is 1. The van der Waals surface area contributed by atoms with Crippen molar-refractivity contribution in [3.63, 3.8) is 0 Å². The quantitative estimate of drug-likeness (QED) is 0.381. The largest absolute Gasteiger partial charge is 0.488 e. The molecular formula is C27H34FN5O3S. The fourth-order valence-corrected chi connectivity index (χ4v) is 6.25. The second-order valence-corrected chi connectivity index (χ2v) is 10.9. The van der Waals surface area contributed by atoms with Crippen LogP contribution in [0.3, 0.4) is 0 Å². The van der Waals surface area contributed by atoms with Gasteiger partial charge in [-0.2, -0.15) is 0 Å². The Hall–Kier alpha value is -2.82. The van der Waals surface area contributed by atoms with E-state index in [1.165, 1.54) is 29.8 Å². The summed E-state index contributed by atoms with van der Waals surface area (Å²) in [6.45, 7) is 4.55. The first-order chi connectivity index (χ1) is 18.0. The molecule has 2 aliphatic rings. The summed E-state index contributed by atoms with van der Waals surface area (Å²) >= 11 is 1.36. The summed E-state index contributed by atoms with van der Waals surface area (Å²) in [5.74, 6) is 1.01. The number of nitrogens with zero attached hydrogens (tertiary/aromatic N) is 2. The van der Waals surface area contributed by atoms with Crippen LogP contribution in [0.25, 0.3) is 10.2 Å². The summed E-state index contributed by atoms with van der Waals surface area (Å²) in [5.41, 5.74) is 1.45. The van der Waals surface area contributed by atoms with Gasteiger partial charge in [-0.05, 0) is 82.2 Å². The zero-order valence-electron chi connectivity index (χ0n) is 21.3. The highest BCUT2D eigenvalue weighted by molar-refractivity contribution is 7.20. The van der Waals surface area contributed by atoms with Gasteiger partial charge in [0.15, 0.2) is 0 Å². The molecular weight excluding hydrogens is 493 g/mol. The predicted octanol–water partition coefficient (Wildman–Crippen LogP) is 4.95. The van der Waals surface area contributed by atoms with Crippen molar-refractivity contribution in [2.75, 3.05) is 32.1 Å². The third-order valence-corrected chi connectivity index (χ3v) is 8.53. The minimum absolute atomic E-state index is 0.00304. The van der Waals surface area contributed by atoms with Crippen LogP contribution in [0.2, 0.25) is 0 Å².